The minimum Gasteiger partial charge on any atom is -0.367 e. The van der Waals surface area contributed by atoms with E-state index in [-0.39, 0.29) is 0 Å². The molecular weight excluding hydrogens is 252 g/mol. The lowest BCUT2D eigenvalue weighted by atomic mass is 10.1. The monoisotopic (exact) mass is 278 g/mol. The van der Waals surface area contributed by atoms with Crippen LogP contribution in [0.15, 0.2) is 20.2 Å². The van der Waals surface area contributed by atoms with E-state index < -0.39 is 11.2 Å². The van der Waals surface area contributed by atoms with E-state index in [4.69, 9.17) is 0 Å². The maximum atomic E-state index is 4.52. The Hall–Kier alpha value is -1.46. The molecule has 0 saturated heterocycles. The van der Waals surface area contributed by atoms with Gasteiger partial charge in [0, 0.05) is 12.0 Å². The highest BCUT2D eigenvalue weighted by atomic mass is 15.3. The van der Waals surface area contributed by atoms with Crippen LogP contribution in [0.3, 0.4) is 0 Å². The summed E-state index contributed by atoms with van der Waals surface area (Å²) in [5.41, 5.74) is -0.850. The molecule has 0 aromatic heterocycles. The zero-order valence-corrected chi connectivity index (χ0v) is 13.4. The third-order valence-electron chi connectivity index (χ3n) is 3.51. The van der Waals surface area contributed by atoms with Gasteiger partial charge in [-0.3, -0.25) is 9.98 Å². The van der Waals surface area contributed by atoms with E-state index in [2.05, 4.69) is 51.6 Å². The second kappa shape index (κ2) is 5.14. The molecule has 0 aromatic rings. The number of aliphatic imine (C=N–C) groups is 2. The van der Waals surface area contributed by atoms with Crippen LogP contribution in [0.5, 0.6) is 0 Å². The molecule has 2 heterocycles. The number of rotatable bonds is 4. The van der Waals surface area contributed by atoms with Crippen LogP contribution < -0.4 is 10.6 Å². The maximum Gasteiger partial charge on any atom is 0.168 e. The second-order valence-electron chi connectivity index (χ2n) is 6.75. The molecule has 0 spiro atoms. The lowest BCUT2D eigenvalue weighted by Crippen LogP contribution is -2.44. The molecule has 0 fully saturated rings. The van der Waals surface area contributed by atoms with Gasteiger partial charge in [-0.15, -0.1) is 0 Å². The van der Waals surface area contributed by atoms with Crippen molar-refractivity contribution in [3.8, 4) is 0 Å². The molecule has 0 amide bonds. The Morgan fingerprint density at radius 2 is 2.05 bits per heavy atom. The van der Waals surface area contributed by atoms with E-state index in [9.17, 15) is 0 Å². The Morgan fingerprint density at radius 1 is 1.35 bits per heavy atom. The van der Waals surface area contributed by atoms with Gasteiger partial charge in [-0.05, 0) is 27.7 Å². The molecule has 2 aliphatic heterocycles. The summed E-state index contributed by atoms with van der Waals surface area (Å²) in [4.78, 5) is 9.01. The molecule has 0 radical (unpaired) electrons. The summed E-state index contributed by atoms with van der Waals surface area (Å²) in [5.74, 6) is 2.32. The minimum atomic E-state index is -0.429. The van der Waals surface area contributed by atoms with Gasteiger partial charge in [0.2, 0.25) is 0 Å². The van der Waals surface area contributed by atoms with E-state index in [0.717, 1.165) is 18.2 Å². The molecule has 112 valence electrons. The largest absolute Gasteiger partial charge is 0.367 e. The fourth-order valence-corrected chi connectivity index (χ4v) is 2.18. The fraction of sp³-hybridized carbons (Fsp3) is 0.857. The molecule has 6 nitrogen and oxygen atoms in total. The Balaban J connectivity index is 2.03. The van der Waals surface area contributed by atoms with Gasteiger partial charge in [0.1, 0.15) is 17.2 Å². The molecule has 0 saturated carbocycles. The number of nitrogens with one attached hydrogen (secondary N) is 2. The van der Waals surface area contributed by atoms with Crippen LogP contribution in [0.4, 0.5) is 0 Å². The molecule has 0 bridgehead atoms. The van der Waals surface area contributed by atoms with Crippen LogP contribution in [-0.2, 0) is 0 Å². The predicted octanol–water partition coefficient (Wildman–Crippen LogP) is 1.98. The molecule has 6 heteroatoms. The van der Waals surface area contributed by atoms with E-state index >= 15 is 0 Å². The van der Waals surface area contributed by atoms with Crippen molar-refractivity contribution < 1.29 is 0 Å². The van der Waals surface area contributed by atoms with Crippen LogP contribution >= 0.6 is 0 Å². The number of hydrogen-bond acceptors (Lipinski definition) is 6. The van der Waals surface area contributed by atoms with Crippen molar-refractivity contribution in [3.63, 3.8) is 0 Å². The normalized spacial score (nSPS) is 30.4. The lowest BCUT2D eigenvalue weighted by molar-refractivity contribution is 0.426. The molecule has 0 aliphatic carbocycles. The van der Waals surface area contributed by atoms with Crippen LogP contribution in [0.1, 0.15) is 41.5 Å². The Bertz CT molecular complexity index is 462. The molecule has 20 heavy (non-hydrogen) atoms. The van der Waals surface area contributed by atoms with Gasteiger partial charge in [0.25, 0.3) is 0 Å². The van der Waals surface area contributed by atoms with Crippen molar-refractivity contribution in [1.82, 2.24) is 10.6 Å². The van der Waals surface area contributed by atoms with Crippen LogP contribution in [0.2, 0.25) is 0 Å². The SMILES string of the molecule is CC1CN=C(C(C)(C)N=NC2(C)CN=C(C(C)C)N2)N1. The summed E-state index contributed by atoms with van der Waals surface area (Å²) in [6.07, 6.45) is 0. The van der Waals surface area contributed by atoms with Gasteiger partial charge < -0.3 is 10.6 Å². The number of amidine groups is 2. The summed E-state index contributed by atoms with van der Waals surface area (Å²) in [6.45, 7) is 13.9. The summed E-state index contributed by atoms with van der Waals surface area (Å²) in [7, 11) is 0. The highest BCUT2D eigenvalue weighted by molar-refractivity contribution is 5.92. The van der Waals surface area contributed by atoms with Crippen molar-refractivity contribution in [1.29, 1.82) is 0 Å². The van der Waals surface area contributed by atoms with Crippen molar-refractivity contribution in [2.45, 2.75) is 58.8 Å². The van der Waals surface area contributed by atoms with E-state index in [1.54, 1.807) is 0 Å². The predicted molar refractivity (Wildman–Crippen MR) is 82.5 cm³/mol. The number of hydrogen-bond donors (Lipinski definition) is 2. The fourth-order valence-electron chi connectivity index (χ4n) is 2.18. The first-order chi connectivity index (χ1) is 9.22. The molecule has 0 aromatic carbocycles. The van der Waals surface area contributed by atoms with Crippen molar-refractivity contribution >= 4 is 11.7 Å². The minimum absolute atomic E-state index is 0.385. The number of nitrogens with zero attached hydrogens (tertiary/aromatic N) is 4. The van der Waals surface area contributed by atoms with Gasteiger partial charge in [0.15, 0.2) is 5.66 Å². The first-order valence-corrected chi connectivity index (χ1v) is 7.30. The summed E-state index contributed by atoms with van der Waals surface area (Å²) < 4.78 is 0. The third-order valence-corrected chi connectivity index (χ3v) is 3.51. The quantitative estimate of drug-likeness (QED) is 0.772. The zero-order chi connectivity index (χ0) is 15.0. The van der Waals surface area contributed by atoms with Gasteiger partial charge in [-0.2, -0.15) is 10.2 Å². The average molecular weight is 278 g/mol. The molecule has 2 unspecified atom stereocenters. The molecule has 2 aliphatic rings. The van der Waals surface area contributed by atoms with Gasteiger partial charge in [-0.25, -0.2) is 0 Å². The maximum absolute atomic E-state index is 4.52. The van der Waals surface area contributed by atoms with Crippen LogP contribution in [0.25, 0.3) is 0 Å². The van der Waals surface area contributed by atoms with Crippen LogP contribution in [-0.4, -0.2) is 42.0 Å². The highest BCUT2D eigenvalue weighted by Crippen LogP contribution is 2.21. The van der Waals surface area contributed by atoms with E-state index in [0.29, 0.717) is 18.5 Å². The van der Waals surface area contributed by atoms with Crippen LogP contribution in [0, 0.1) is 5.92 Å². The van der Waals surface area contributed by atoms with Crippen molar-refractivity contribution in [3.05, 3.63) is 0 Å². The first-order valence-electron chi connectivity index (χ1n) is 7.30. The summed E-state index contributed by atoms with van der Waals surface area (Å²) in [6, 6.07) is 0.385. The lowest BCUT2D eigenvalue weighted by Gasteiger charge is -2.24. The Kier molecular flexibility index (Phi) is 3.84. The van der Waals surface area contributed by atoms with E-state index in [1.165, 1.54) is 0 Å². The van der Waals surface area contributed by atoms with Crippen molar-refractivity contribution in [2.75, 3.05) is 13.1 Å². The van der Waals surface area contributed by atoms with Gasteiger partial charge >= 0.3 is 0 Å². The van der Waals surface area contributed by atoms with Gasteiger partial charge in [0.05, 0.1) is 13.1 Å². The first kappa shape index (κ1) is 14.9. The number of azo groups is 1. The molecule has 2 atom stereocenters. The average Bonchev–Trinajstić information content (AvgIpc) is 2.95. The van der Waals surface area contributed by atoms with Gasteiger partial charge in [-0.1, -0.05) is 13.8 Å². The molecular formula is C14H26N6. The smallest absolute Gasteiger partial charge is 0.168 e. The zero-order valence-electron chi connectivity index (χ0n) is 13.4. The summed E-state index contributed by atoms with van der Waals surface area (Å²) >= 11 is 0. The standard InChI is InChI=1S/C14H26N6/c1-9(2)11-16-8-14(6,18-11)20-19-13(4,5)12-15-7-10(3)17-12/h9-10H,7-8H2,1-6H3,(H,15,17)(H,16,18). The van der Waals surface area contributed by atoms with Crippen molar-refractivity contribution in [2.24, 2.45) is 26.1 Å². The molecule has 2 N–H and O–H groups in total. The van der Waals surface area contributed by atoms with E-state index in [1.807, 2.05) is 20.8 Å². The third kappa shape index (κ3) is 3.16. The highest BCUT2D eigenvalue weighted by Gasteiger charge is 2.34. The second-order valence-corrected chi connectivity index (χ2v) is 6.75. The Morgan fingerprint density at radius 3 is 2.55 bits per heavy atom. The topological polar surface area (TPSA) is 73.5 Å². The Labute approximate surface area is 121 Å². The molecule has 2 rings (SSSR count). The summed E-state index contributed by atoms with van der Waals surface area (Å²) in [5, 5.41) is 15.7.